The molecule has 2 heterocycles. The Labute approximate surface area is 240 Å². The van der Waals surface area contributed by atoms with Crippen molar-refractivity contribution in [2.45, 2.75) is 86.7 Å². The molecule has 16 heteroatoms. The van der Waals surface area contributed by atoms with Crippen molar-refractivity contribution in [1.82, 2.24) is 21.0 Å². The maximum absolute atomic E-state index is 12.7. The van der Waals surface area contributed by atoms with E-state index < -0.39 is 72.4 Å². The SMILES string of the molecule is CNC1C(O)C(OC2C(NC(=O)N(O)CCN)CC(N)C(C3OC(CNCCCN)=CCC3N)C2O)OCC1(C)O. The smallest absolute Gasteiger partial charge is 0.341 e. The van der Waals surface area contributed by atoms with Crippen molar-refractivity contribution in [3.8, 4) is 0 Å². The normalized spacial score (nSPS) is 39.5. The van der Waals surface area contributed by atoms with Crippen molar-refractivity contribution >= 4 is 6.03 Å². The third-order valence-corrected chi connectivity index (χ3v) is 8.03. The quantitative estimate of drug-likeness (QED) is 0.0585. The molecule has 41 heavy (non-hydrogen) atoms. The number of amides is 2. The van der Waals surface area contributed by atoms with Gasteiger partial charge in [0.2, 0.25) is 0 Å². The molecular formula is C25H50N8O8. The van der Waals surface area contributed by atoms with E-state index >= 15 is 0 Å². The number of carbonyl (C=O) groups is 1. The first-order valence-corrected chi connectivity index (χ1v) is 14.2. The summed E-state index contributed by atoms with van der Waals surface area (Å²) in [6.07, 6.45) is -2.39. The highest BCUT2D eigenvalue weighted by molar-refractivity contribution is 5.73. The number of hydroxylamine groups is 2. The number of aliphatic hydroxyl groups is 3. The van der Waals surface area contributed by atoms with Crippen LogP contribution in [-0.4, -0.2) is 138 Å². The minimum atomic E-state index is -1.39. The van der Waals surface area contributed by atoms with Crippen LogP contribution in [0.5, 0.6) is 0 Å². The summed E-state index contributed by atoms with van der Waals surface area (Å²) in [5, 5.41) is 52.6. The fourth-order valence-corrected chi connectivity index (χ4v) is 5.86. The standard InChI is InChI=1S/C25H50N8O8/c1-25(37)12-39-23(19(35)22(25)30-2)41-21-16(32-24(36)33(38)9-7-27)10-15(29)17(18(21)34)20-14(28)5-4-13(40-20)11-31-8-3-6-26/h4,14-23,30-31,34-35,37-38H,3,5-12,26-29H2,1-2H3,(H,32,36). The maximum atomic E-state index is 12.7. The van der Waals surface area contributed by atoms with E-state index in [1.165, 1.54) is 6.92 Å². The highest BCUT2D eigenvalue weighted by Gasteiger charge is 2.53. The number of nitrogens with one attached hydrogen (secondary N) is 3. The molecule has 16 nitrogen and oxygen atoms in total. The molecule has 11 unspecified atom stereocenters. The van der Waals surface area contributed by atoms with E-state index in [4.69, 9.17) is 37.1 Å². The Balaban J connectivity index is 1.83. The molecule has 15 N–H and O–H groups in total. The van der Waals surface area contributed by atoms with E-state index in [0.29, 0.717) is 36.9 Å². The minimum absolute atomic E-state index is 0.0278. The van der Waals surface area contributed by atoms with Crippen LogP contribution in [0.15, 0.2) is 11.8 Å². The van der Waals surface area contributed by atoms with Gasteiger partial charge in [-0.05, 0) is 52.4 Å². The lowest BCUT2D eigenvalue weighted by Crippen LogP contribution is -2.69. The summed E-state index contributed by atoms with van der Waals surface area (Å²) in [5.41, 5.74) is 22.6. The molecule has 0 aromatic heterocycles. The molecule has 0 aromatic rings. The number of hydrogen-bond donors (Lipinski definition) is 11. The lowest BCUT2D eigenvalue weighted by Gasteiger charge is -2.50. The molecule has 0 bridgehead atoms. The fourth-order valence-electron chi connectivity index (χ4n) is 5.86. The average Bonchev–Trinajstić information content (AvgIpc) is 2.91. The van der Waals surface area contributed by atoms with Crippen molar-refractivity contribution in [2.24, 2.45) is 28.9 Å². The van der Waals surface area contributed by atoms with Gasteiger partial charge in [-0.1, -0.05) is 0 Å². The van der Waals surface area contributed by atoms with Crippen LogP contribution >= 0.6 is 0 Å². The second-order valence-electron chi connectivity index (χ2n) is 11.3. The lowest BCUT2D eigenvalue weighted by molar-refractivity contribution is -0.297. The number of nitrogens with two attached hydrogens (primary N) is 4. The van der Waals surface area contributed by atoms with E-state index in [9.17, 15) is 25.3 Å². The highest BCUT2D eigenvalue weighted by atomic mass is 16.7. The molecule has 11 atom stereocenters. The second kappa shape index (κ2) is 15.2. The predicted octanol–water partition coefficient (Wildman–Crippen LogP) is -4.20. The Kier molecular flexibility index (Phi) is 12.5. The van der Waals surface area contributed by atoms with Crippen LogP contribution in [0.1, 0.15) is 26.2 Å². The topological polar surface area (TPSA) is 269 Å². The third-order valence-electron chi connectivity index (χ3n) is 8.03. The number of likely N-dealkylation sites (N-methyl/N-ethyl adjacent to an activating group) is 1. The third kappa shape index (κ3) is 8.25. The van der Waals surface area contributed by atoms with Gasteiger partial charge in [-0.3, -0.25) is 5.21 Å². The van der Waals surface area contributed by atoms with Gasteiger partial charge in [-0.25, -0.2) is 9.86 Å². The predicted molar refractivity (Wildman–Crippen MR) is 148 cm³/mol. The van der Waals surface area contributed by atoms with Gasteiger partial charge in [-0.15, -0.1) is 0 Å². The van der Waals surface area contributed by atoms with Gasteiger partial charge in [0.1, 0.15) is 29.7 Å². The van der Waals surface area contributed by atoms with Crippen LogP contribution in [-0.2, 0) is 14.2 Å². The summed E-state index contributed by atoms with van der Waals surface area (Å²) in [7, 11) is 1.59. The molecule has 3 aliphatic rings. The van der Waals surface area contributed by atoms with Gasteiger partial charge >= 0.3 is 6.03 Å². The molecule has 0 radical (unpaired) electrons. The van der Waals surface area contributed by atoms with E-state index in [2.05, 4.69) is 16.0 Å². The number of aliphatic hydroxyl groups excluding tert-OH is 2. The molecule has 3 rings (SSSR count). The van der Waals surface area contributed by atoms with Crippen LogP contribution in [0, 0.1) is 5.92 Å². The van der Waals surface area contributed by atoms with E-state index in [1.54, 1.807) is 7.05 Å². The molecule has 2 amide bonds. The molecule has 2 aliphatic heterocycles. The first-order valence-electron chi connectivity index (χ1n) is 14.2. The number of carbonyl (C=O) groups excluding carboxylic acids is 1. The molecule has 0 aromatic carbocycles. The van der Waals surface area contributed by atoms with Crippen LogP contribution in [0.2, 0.25) is 0 Å². The summed E-state index contributed by atoms with van der Waals surface area (Å²) in [5.74, 6) is -0.0436. The summed E-state index contributed by atoms with van der Waals surface area (Å²) < 4.78 is 18.1. The van der Waals surface area contributed by atoms with Crippen molar-refractivity contribution < 1.29 is 39.5 Å². The van der Waals surface area contributed by atoms with Crippen LogP contribution < -0.4 is 38.9 Å². The Hall–Kier alpha value is -1.67. The van der Waals surface area contributed by atoms with Crippen LogP contribution in [0.4, 0.5) is 4.79 Å². The molecule has 0 spiro atoms. The molecular weight excluding hydrogens is 540 g/mol. The van der Waals surface area contributed by atoms with Crippen molar-refractivity contribution in [3.05, 3.63) is 11.8 Å². The summed E-state index contributed by atoms with van der Waals surface area (Å²) in [6.45, 7) is 3.00. The minimum Gasteiger partial charge on any atom is -0.492 e. The summed E-state index contributed by atoms with van der Waals surface area (Å²) in [6, 6.07) is -3.71. The zero-order valence-electron chi connectivity index (χ0n) is 23.9. The van der Waals surface area contributed by atoms with Gasteiger partial charge in [0.05, 0.1) is 37.9 Å². The monoisotopic (exact) mass is 590 g/mol. The summed E-state index contributed by atoms with van der Waals surface area (Å²) >= 11 is 0. The first kappa shape index (κ1) is 33.8. The van der Waals surface area contributed by atoms with Crippen LogP contribution in [0.25, 0.3) is 0 Å². The van der Waals surface area contributed by atoms with Gasteiger partial charge in [0.15, 0.2) is 6.29 Å². The largest absolute Gasteiger partial charge is 0.492 e. The molecule has 1 saturated heterocycles. The molecule has 2 fully saturated rings. The number of rotatable bonds is 12. The van der Waals surface area contributed by atoms with Crippen molar-refractivity contribution in [1.29, 1.82) is 0 Å². The Morgan fingerprint density at radius 1 is 1.22 bits per heavy atom. The molecule has 1 saturated carbocycles. The van der Waals surface area contributed by atoms with Gasteiger partial charge in [0, 0.05) is 24.5 Å². The van der Waals surface area contributed by atoms with E-state index in [-0.39, 0.29) is 26.1 Å². The van der Waals surface area contributed by atoms with Crippen LogP contribution in [0.3, 0.4) is 0 Å². The first-order chi connectivity index (χ1) is 19.4. The fraction of sp³-hybridized carbons (Fsp3) is 0.880. The zero-order valence-corrected chi connectivity index (χ0v) is 23.9. The number of urea groups is 1. The van der Waals surface area contributed by atoms with Crippen molar-refractivity contribution in [3.63, 3.8) is 0 Å². The van der Waals surface area contributed by atoms with Gasteiger partial charge in [-0.2, -0.15) is 0 Å². The zero-order chi connectivity index (χ0) is 30.3. The number of nitrogens with zero attached hydrogens (tertiary/aromatic N) is 1. The maximum Gasteiger partial charge on any atom is 0.341 e. The van der Waals surface area contributed by atoms with Gasteiger partial charge < -0.3 is 68.4 Å². The van der Waals surface area contributed by atoms with Gasteiger partial charge in [0.25, 0.3) is 0 Å². The molecule has 1 aliphatic carbocycles. The Bertz CT molecular complexity index is 869. The van der Waals surface area contributed by atoms with Crippen molar-refractivity contribution in [2.75, 3.05) is 46.4 Å². The average molecular weight is 591 g/mol. The number of hydrogen-bond acceptors (Lipinski definition) is 14. The summed E-state index contributed by atoms with van der Waals surface area (Å²) in [4.78, 5) is 12.7. The lowest BCUT2D eigenvalue weighted by atomic mass is 9.72. The number of ether oxygens (including phenoxy) is 3. The van der Waals surface area contributed by atoms with E-state index in [1.807, 2.05) is 6.08 Å². The highest BCUT2D eigenvalue weighted by Crippen LogP contribution is 2.36. The second-order valence-corrected chi connectivity index (χ2v) is 11.3. The van der Waals surface area contributed by atoms with E-state index in [0.717, 1.165) is 6.42 Å². The molecule has 238 valence electrons. The Morgan fingerprint density at radius 3 is 2.61 bits per heavy atom. The Morgan fingerprint density at radius 2 is 1.95 bits per heavy atom.